The van der Waals surface area contributed by atoms with E-state index in [0.29, 0.717) is 12.6 Å². The van der Waals surface area contributed by atoms with Crippen LogP contribution in [0.2, 0.25) is 0 Å². The van der Waals surface area contributed by atoms with Gasteiger partial charge in [0.05, 0.1) is 6.33 Å². The van der Waals surface area contributed by atoms with Crippen LogP contribution < -0.4 is 10.2 Å². The molecular formula is C25H28N6. The molecule has 1 N–H and O–H groups in total. The molecule has 0 atom stereocenters. The number of rotatable bonds is 6. The van der Waals surface area contributed by atoms with E-state index in [-0.39, 0.29) is 0 Å². The van der Waals surface area contributed by atoms with Gasteiger partial charge in [-0.1, -0.05) is 54.6 Å². The molecule has 0 unspecified atom stereocenters. The van der Waals surface area contributed by atoms with Crippen molar-refractivity contribution in [3.05, 3.63) is 66.5 Å². The summed E-state index contributed by atoms with van der Waals surface area (Å²) in [7, 11) is 0. The summed E-state index contributed by atoms with van der Waals surface area (Å²) < 4.78 is 2.12. The lowest BCUT2D eigenvalue weighted by Gasteiger charge is -2.17. The van der Waals surface area contributed by atoms with Crippen molar-refractivity contribution in [1.29, 1.82) is 0 Å². The van der Waals surface area contributed by atoms with E-state index in [1.165, 1.54) is 29.5 Å². The van der Waals surface area contributed by atoms with Crippen LogP contribution in [-0.2, 0) is 6.54 Å². The molecule has 1 saturated heterocycles. The molecular weight excluding hydrogens is 384 g/mol. The Balaban J connectivity index is 1.41. The van der Waals surface area contributed by atoms with Gasteiger partial charge in [0.15, 0.2) is 17.0 Å². The normalized spacial score (nSPS) is 14.0. The number of imidazole rings is 1. The van der Waals surface area contributed by atoms with Gasteiger partial charge in [0.1, 0.15) is 0 Å². The first kappa shape index (κ1) is 19.5. The van der Waals surface area contributed by atoms with Crippen molar-refractivity contribution in [1.82, 2.24) is 19.5 Å². The summed E-state index contributed by atoms with van der Waals surface area (Å²) in [6.07, 6.45) is 4.26. The van der Waals surface area contributed by atoms with Gasteiger partial charge >= 0.3 is 0 Å². The van der Waals surface area contributed by atoms with Crippen LogP contribution in [0.3, 0.4) is 0 Å². The number of hydrogen-bond donors (Lipinski definition) is 1. The number of nitrogens with one attached hydrogen (secondary N) is 1. The van der Waals surface area contributed by atoms with E-state index in [0.717, 1.165) is 36.0 Å². The van der Waals surface area contributed by atoms with Gasteiger partial charge in [-0.05, 0) is 43.4 Å². The fourth-order valence-corrected chi connectivity index (χ4v) is 4.10. The summed E-state index contributed by atoms with van der Waals surface area (Å²) >= 11 is 0. The summed E-state index contributed by atoms with van der Waals surface area (Å²) in [5.74, 6) is 1.60. The Morgan fingerprint density at radius 2 is 1.61 bits per heavy atom. The minimum Gasteiger partial charge on any atom is -0.364 e. The van der Waals surface area contributed by atoms with Crippen molar-refractivity contribution in [2.75, 3.05) is 23.3 Å². The van der Waals surface area contributed by atoms with Crippen molar-refractivity contribution in [2.24, 2.45) is 0 Å². The Morgan fingerprint density at radius 1 is 0.903 bits per heavy atom. The molecule has 6 heteroatoms. The van der Waals surface area contributed by atoms with E-state index in [2.05, 4.69) is 82.1 Å². The summed E-state index contributed by atoms with van der Waals surface area (Å²) in [6.45, 7) is 7.03. The fourth-order valence-electron chi connectivity index (χ4n) is 4.10. The maximum Gasteiger partial charge on any atom is 0.229 e. The Hall–Kier alpha value is -3.41. The SMILES string of the molecule is CC(C)n1cnc2c(NCc3ccc(-c4ccccc4)cc3)nc(N3CCCC3)nc21. The third-order valence-electron chi connectivity index (χ3n) is 5.88. The van der Waals surface area contributed by atoms with Gasteiger partial charge in [0.2, 0.25) is 5.95 Å². The molecule has 0 radical (unpaired) electrons. The minimum atomic E-state index is 0.296. The third-order valence-corrected chi connectivity index (χ3v) is 5.88. The largest absolute Gasteiger partial charge is 0.364 e. The topological polar surface area (TPSA) is 58.9 Å². The van der Waals surface area contributed by atoms with Crippen molar-refractivity contribution < 1.29 is 0 Å². The molecule has 6 nitrogen and oxygen atoms in total. The predicted molar refractivity (Wildman–Crippen MR) is 126 cm³/mol. The molecule has 3 heterocycles. The van der Waals surface area contributed by atoms with Gasteiger partial charge < -0.3 is 14.8 Å². The van der Waals surface area contributed by atoms with Crippen molar-refractivity contribution in [3.63, 3.8) is 0 Å². The van der Waals surface area contributed by atoms with Gasteiger partial charge in [-0.15, -0.1) is 0 Å². The van der Waals surface area contributed by atoms with Gasteiger partial charge in [0.25, 0.3) is 0 Å². The molecule has 2 aromatic heterocycles. The van der Waals surface area contributed by atoms with Gasteiger partial charge in [0, 0.05) is 25.7 Å². The number of fused-ring (bicyclic) bond motifs is 1. The zero-order chi connectivity index (χ0) is 21.2. The highest BCUT2D eigenvalue weighted by Gasteiger charge is 2.20. The van der Waals surface area contributed by atoms with Crippen molar-refractivity contribution >= 4 is 22.9 Å². The first-order chi connectivity index (χ1) is 15.2. The van der Waals surface area contributed by atoms with Gasteiger partial charge in [-0.2, -0.15) is 9.97 Å². The van der Waals surface area contributed by atoms with Crippen LogP contribution in [0.5, 0.6) is 0 Å². The average molecular weight is 413 g/mol. The maximum atomic E-state index is 4.87. The molecule has 1 aliphatic heterocycles. The summed E-state index contributed by atoms with van der Waals surface area (Å²) in [5, 5.41) is 3.53. The summed E-state index contributed by atoms with van der Waals surface area (Å²) in [5.41, 5.74) is 5.39. The van der Waals surface area contributed by atoms with E-state index in [1.807, 2.05) is 12.4 Å². The Labute approximate surface area is 183 Å². The highest BCUT2D eigenvalue weighted by molar-refractivity contribution is 5.84. The molecule has 1 aliphatic rings. The predicted octanol–water partition coefficient (Wildman–Crippen LogP) is 5.29. The van der Waals surface area contributed by atoms with Crippen LogP contribution >= 0.6 is 0 Å². The Bertz CT molecular complexity index is 1160. The lowest BCUT2D eigenvalue weighted by atomic mass is 10.0. The number of hydrogen-bond acceptors (Lipinski definition) is 5. The average Bonchev–Trinajstić information content (AvgIpc) is 3.48. The zero-order valence-electron chi connectivity index (χ0n) is 18.1. The fraction of sp³-hybridized carbons (Fsp3) is 0.320. The second-order valence-electron chi connectivity index (χ2n) is 8.40. The third kappa shape index (κ3) is 3.98. The second-order valence-corrected chi connectivity index (χ2v) is 8.40. The van der Waals surface area contributed by atoms with Crippen LogP contribution in [-0.4, -0.2) is 32.6 Å². The van der Waals surface area contributed by atoms with Crippen LogP contribution in [0.4, 0.5) is 11.8 Å². The monoisotopic (exact) mass is 412 g/mol. The first-order valence-electron chi connectivity index (χ1n) is 11.1. The lowest BCUT2D eigenvalue weighted by molar-refractivity contribution is 0.612. The number of benzene rings is 2. The van der Waals surface area contributed by atoms with Crippen LogP contribution in [0, 0.1) is 0 Å². The highest BCUT2D eigenvalue weighted by atomic mass is 15.3. The van der Waals surface area contributed by atoms with Gasteiger partial charge in [-0.3, -0.25) is 0 Å². The molecule has 0 amide bonds. The van der Waals surface area contributed by atoms with Crippen molar-refractivity contribution in [3.8, 4) is 11.1 Å². The van der Waals surface area contributed by atoms with E-state index in [1.54, 1.807) is 0 Å². The first-order valence-corrected chi connectivity index (χ1v) is 11.1. The standard InChI is InChI=1S/C25H28N6/c1-18(2)31-17-27-22-23(28-25(29-24(22)31)30-14-6-7-15-30)26-16-19-10-12-21(13-11-19)20-8-4-3-5-9-20/h3-5,8-13,17-18H,6-7,14-16H2,1-2H3,(H,26,28,29). The zero-order valence-corrected chi connectivity index (χ0v) is 18.1. The van der Waals surface area contributed by atoms with Crippen LogP contribution in [0.25, 0.3) is 22.3 Å². The molecule has 5 rings (SSSR count). The molecule has 1 fully saturated rings. The quantitative estimate of drug-likeness (QED) is 0.466. The molecule has 2 aromatic carbocycles. The van der Waals surface area contributed by atoms with E-state index >= 15 is 0 Å². The van der Waals surface area contributed by atoms with E-state index < -0.39 is 0 Å². The number of aromatic nitrogens is 4. The second kappa shape index (κ2) is 8.38. The van der Waals surface area contributed by atoms with Crippen LogP contribution in [0.1, 0.15) is 38.3 Å². The molecule has 158 valence electrons. The van der Waals surface area contributed by atoms with Crippen LogP contribution in [0.15, 0.2) is 60.9 Å². The molecule has 31 heavy (non-hydrogen) atoms. The highest BCUT2D eigenvalue weighted by Crippen LogP contribution is 2.27. The Morgan fingerprint density at radius 3 is 2.32 bits per heavy atom. The van der Waals surface area contributed by atoms with Gasteiger partial charge in [-0.25, -0.2) is 4.98 Å². The molecule has 0 spiro atoms. The molecule has 0 bridgehead atoms. The molecule has 0 saturated carbocycles. The molecule has 0 aliphatic carbocycles. The van der Waals surface area contributed by atoms with Crippen molar-refractivity contribution in [2.45, 2.75) is 39.3 Å². The summed E-state index contributed by atoms with van der Waals surface area (Å²) in [6, 6.07) is 19.4. The summed E-state index contributed by atoms with van der Waals surface area (Å²) in [4.78, 5) is 16.6. The smallest absolute Gasteiger partial charge is 0.229 e. The Kier molecular flexibility index (Phi) is 5.28. The minimum absolute atomic E-state index is 0.296. The number of nitrogens with zero attached hydrogens (tertiary/aromatic N) is 5. The lowest BCUT2D eigenvalue weighted by Crippen LogP contribution is -2.21. The van der Waals surface area contributed by atoms with E-state index in [9.17, 15) is 0 Å². The number of anilines is 2. The maximum absolute atomic E-state index is 4.87. The van der Waals surface area contributed by atoms with E-state index in [4.69, 9.17) is 9.97 Å². The molecule has 4 aromatic rings.